The lowest BCUT2D eigenvalue weighted by atomic mass is 10.2. The molecule has 0 amide bonds. The number of halogens is 1. The number of aromatic nitrogens is 3. The van der Waals surface area contributed by atoms with Gasteiger partial charge in [0, 0.05) is 10.8 Å². The van der Waals surface area contributed by atoms with Crippen LogP contribution in [0.3, 0.4) is 0 Å². The van der Waals surface area contributed by atoms with Gasteiger partial charge in [-0.15, -0.1) is 10.2 Å². The van der Waals surface area contributed by atoms with Crippen molar-refractivity contribution in [1.29, 1.82) is 0 Å². The fraction of sp³-hybridized carbons (Fsp3) is 0.176. The van der Waals surface area contributed by atoms with Crippen molar-refractivity contribution in [2.45, 2.75) is 11.6 Å². The lowest BCUT2D eigenvalue weighted by Gasteiger charge is -2.08. The van der Waals surface area contributed by atoms with Gasteiger partial charge in [0.2, 0.25) is 5.16 Å². The SMILES string of the molecule is COc1ccccc1-c1nnc(SCCc2ccccc2Cl)n1N. The van der Waals surface area contributed by atoms with Crippen LogP contribution in [0.5, 0.6) is 5.75 Å². The number of methoxy groups -OCH3 is 1. The van der Waals surface area contributed by atoms with Crippen molar-refractivity contribution in [3.05, 3.63) is 59.1 Å². The molecule has 2 N–H and O–H groups in total. The van der Waals surface area contributed by atoms with E-state index in [-0.39, 0.29) is 0 Å². The lowest BCUT2D eigenvalue weighted by Crippen LogP contribution is -2.12. The van der Waals surface area contributed by atoms with Gasteiger partial charge in [-0.05, 0) is 30.2 Å². The summed E-state index contributed by atoms with van der Waals surface area (Å²) in [5.74, 6) is 8.26. The predicted molar refractivity (Wildman–Crippen MR) is 98.0 cm³/mol. The number of benzene rings is 2. The highest BCUT2D eigenvalue weighted by Crippen LogP contribution is 2.29. The van der Waals surface area contributed by atoms with E-state index >= 15 is 0 Å². The molecule has 0 aliphatic rings. The Hall–Kier alpha value is -2.18. The molecular weight excluding hydrogens is 344 g/mol. The highest BCUT2D eigenvalue weighted by atomic mass is 35.5. The first-order chi connectivity index (χ1) is 11.7. The Kier molecular flexibility index (Phi) is 5.27. The van der Waals surface area contributed by atoms with Crippen molar-refractivity contribution < 1.29 is 4.74 Å². The number of rotatable bonds is 6. The molecule has 24 heavy (non-hydrogen) atoms. The molecule has 0 radical (unpaired) electrons. The van der Waals surface area contributed by atoms with Gasteiger partial charge < -0.3 is 10.6 Å². The Morgan fingerprint density at radius 1 is 1.12 bits per heavy atom. The molecule has 0 saturated carbocycles. The van der Waals surface area contributed by atoms with Gasteiger partial charge in [-0.1, -0.05) is 53.7 Å². The molecule has 3 aromatic rings. The van der Waals surface area contributed by atoms with Gasteiger partial charge in [0.1, 0.15) is 5.75 Å². The Labute approximate surface area is 149 Å². The maximum absolute atomic E-state index is 6.17. The third kappa shape index (κ3) is 3.49. The molecule has 1 heterocycles. The van der Waals surface area contributed by atoms with Crippen LogP contribution in [0, 0.1) is 0 Å². The summed E-state index contributed by atoms with van der Waals surface area (Å²) in [7, 11) is 1.62. The number of nitrogens with two attached hydrogens (primary N) is 1. The second-order valence-corrected chi connectivity index (χ2v) is 6.54. The minimum atomic E-state index is 0.577. The molecule has 0 atom stereocenters. The van der Waals surface area contributed by atoms with Gasteiger partial charge in [-0.25, -0.2) is 4.68 Å². The number of hydrogen-bond donors (Lipinski definition) is 1. The van der Waals surface area contributed by atoms with Crippen LogP contribution in [0.25, 0.3) is 11.4 Å². The minimum Gasteiger partial charge on any atom is -0.496 e. The van der Waals surface area contributed by atoms with Crippen molar-refractivity contribution in [1.82, 2.24) is 14.9 Å². The third-order valence-electron chi connectivity index (χ3n) is 3.57. The maximum Gasteiger partial charge on any atom is 0.210 e. The zero-order valence-corrected chi connectivity index (χ0v) is 14.7. The summed E-state index contributed by atoms with van der Waals surface area (Å²) in [4.78, 5) is 0. The zero-order chi connectivity index (χ0) is 16.9. The molecule has 2 aromatic carbocycles. The van der Waals surface area contributed by atoms with Crippen molar-refractivity contribution in [2.24, 2.45) is 0 Å². The lowest BCUT2D eigenvalue weighted by molar-refractivity contribution is 0.416. The van der Waals surface area contributed by atoms with Gasteiger partial charge in [0.25, 0.3) is 0 Å². The summed E-state index contributed by atoms with van der Waals surface area (Å²) in [6, 6.07) is 15.4. The highest BCUT2D eigenvalue weighted by molar-refractivity contribution is 7.99. The number of ether oxygens (including phenoxy) is 1. The zero-order valence-electron chi connectivity index (χ0n) is 13.1. The average Bonchev–Trinajstić information content (AvgIpc) is 2.97. The summed E-state index contributed by atoms with van der Waals surface area (Å²) >= 11 is 7.72. The number of hydrogen-bond acceptors (Lipinski definition) is 5. The molecule has 124 valence electrons. The molecular formula is C17H17ClN4OS. The van der Waals surface area contributed by atoms with Crippen molar-refractivity contribution in [2.75, 3.05) is 18.7 Å². The molecule has 0 bridgehead atoms. The first kappa shape index (κ1) is 16.7. The van der Waals surface area contributed by atoms with E-state index < -0.39 is 0 Å². The monoisotopic (exact) mass is 360 g/mol. The van der Waals surface area contributed by atoms with E-state index in [0.717, 1.165) is 28.3 Å². The van der Waals surface area contributed by atoms with Crippen LogP contribution in [0.1, 0.15) is 5.56 Å². The topological polar surface area (TPSA) is 66.0 Å². The molecule has 0 aliphatic heterocycles. The summed E-state index contributed by atoms with van der Waals surface area (Å²) in [5, 5.41) is 9.82. The molecule has 0 unspecified atom stereocenters. The molecule has 5 nitrogen and oxygen atoms in total. The standard InChI is InChI=1S/C17H17ClN4OS/c1-23-15-9-5-3-7-13(15)16-20-21-17(22(16)19)24-11-10-12-6-2-4-8-14(12)18/h2-9H,10-11,19H2,1H3. The van der Waals surface area contributed by atoms with E-state index in [4.69, 9.17) is 22.2 Å². The minimum absolute atomic E-state index is 0.577. The highest BCUT2D eigenvalue weighted by Gasteiger charge is 2.15. The summed E-state index contributed by atoms with van der Waals surface area (Å²) < 4.78 is 6.85. The van der Waals surface area contributed by atoms with Gasteiger partial charge >= 0.3 is 0 Å². The van der Waals surface area contributed by atoms with E-state index in [1.807, 2.05) is 48.5 Å². The summed E-state index contributed by atoms with van der Waals surface area (Å²) in [6.07, 6.45) is 0.835. The smallest absolute Gasteiger partial charge is 0.210 e. The average molecular weight is 361 g/mol. The molecule has 0 spiro atoms. The third-order valence-corrected chi connectivity index (χ3v) is 4.89. The van der Waals surface area contributed by atoms with Crippen molar-refractivity contribution in [3.63, 3.8) is 0 Å². The van der Waals surface area contributed by atoms with Gasteiger partial charge in [-0.3, -0.25) is 0 Å². The fourth-order valence-electron chi connectivity index (χ4n) is 2.34. The second kappa shape index (κ2) is 7.59. The first-order valence-corrected chi connectivity index (χ1v) is 8.77. The van der Waals surface area contributed by atoms with E-state index in [9.17, 15) is 0 Å². The van der Waals surface area contributed by atoms with Gasteiger partial charge in [0.15, 0.2) is 5.82 Å². The van der Waals surface area contributed by atoms with E-state index in [2.05, 4.69) is 10.2 Å². The quantitative estimate of drug-likeness (QED) is 0.536. The second-order valence-electron chi connectivity index (χ2n) is 5.07. The van der Waals surface area contributed by atoms with Crippen LogP contribution < -0.4 is 10.6 Å². The molecule has 7 heteroatoms. The predicted octanol–water partition coefficient (Wildman–Crippen LogP) is 3.66. The van der Waals surface area contributed by atoms with Crippen molar-refractivity contribution >= 4 is 23.4 Å². The summed E-state index contributed by atoms with van der Waals surface area (Å²) in [6.45, 7) is 0. The Morgan fingerprint density at radius 3 is 2.67 bits per heavy atom. The molecule has 1 aromatic heterocycles. The van der Waals surface area contributed by atoms with Crippen LogP contribution in [-0.4, -0.2) is 27.7 Å². The van der Waals surface area contributed by atoms with Crippen LogP contribution in [0.2, 0.25) is 5.02 Å². The number of aryl methyl sites for hydroxylation is 1. The van der Waals surface area contributed by atoms with Crippen molar-refractivity contribution in [3.8, 4) is 17.1 Å². The Balaban J connectivity index is 1.72. The summed E-state index contributed by atoms with van der Waals surface area (Å²) in [5.41, 5.74) is 1.92. The Morgan fingerprint density at radius 2 is 1.88 bits per heavy atom. The number of thioether (sulfide) groups is 1. The molecule has 0 saturated heterocycles. The fourth-order valence-corrected chi connectivity index (χ4v) is 3.40. The van der Waals surface area contributed by atoms with E-state index in [1.54, 1.807) is 18.9 Å². The maximum atomic E-state index is 6.17. The molecule has 0 fully saturated rings. The Bertz CT molecular complexity index is 837. The molecule has 3 rings (SSSR count). The van der Waals surface area contributed by atoms with E-state index in [0.29, 0.717) is 16.7 Å². The van der Waals surface area contributed by atoms with Gasteiger partial charge in [-0.2, -0.15) is 0 Å². The normalized spacial score (nSPS) is 10.8. The van der Waals surface area contributed by atoms with Crippen LogP contribution in [-0.2, 0) is 6.42 Å². The number of nitrogen functional groups attached to an aromatic ring is 1. The molecule has 0 aliphatic carbocycles. The van der Waals surface area contributed by atoms with E-state index in [1.165, 1.54) is 4.68 Å². The van der Waals surface area contributed by atoms with Gasteiger partial charge in [0.05, 0.1) is 12.7 Å². The first-order valence-electron chi connectivity index (χ1n) is 7.41. The number of nitrogens with zero attached hydrogens (tertiary/aromatic N) is 3. The largest absolute Gasteiger partial charge is 0.496 e. The van der Waals surface area contributed by atoms with Crippen LogP contribution in [0.4, 0.5) is 0 Å². The van der Waals surface area contributed by atoms with Crippen LogP contribution >= 0.6 is 23.4 Å². The number of para-hydroxylation sites is 1. The van der Waals surface area contributed by atoms with Crippen LogP contribution in [0.15, 0.2) is 53.7 Å².